The molecule has 0 fully saturated rings. The number of aromatic nitrogens is 4. The molecule has 0 aliphatic heterocycles. The second kappa shape index (κ2) is 9.55. The van der Waals surface area contributed by atoms with E-state index in [-0.39, 0.29) is 18.0 Å². The van der Waals surface area contributed by atoms with E-state index in [2.05, 4.69) is 10.4 Å². The third kappa shape index (κ3) is 4.44. The second-order valence-corrected chi connectivity index (χ2v) is 7.55. The van der Waals surface area contributed by atoms with Gasteiger partial charge in [0.1, 0.15) is 5.75 Å². The first-order valence-electron chi connectivity index (χ1n) is 10.7. The summed E-state index contributed by atoms with van der Waals surface area (Å²) in [6.45, 7) is 3.37. The number of carbonyl (C=O) groups is 1. The van der Waals surface area contributed by atoms with Gasteiger partial charge in [-0.05, 0) is 48.9 Å². The first kappa shape index (κ1) is 21.4. The molecule has 0 radical (unpaired) electrons. The number of amides is 1. The number of nitrogens with zero attached hydrogens (tertiary/aromatic N) is 4. The highest BCUT2D eigenvalue weighted by Gasteiger charge is 2.13. The molecule has 0 bridgehead atoms. The maximum absolute atomic E-state index is 12.8. The minimum Gasteiger partial charge on any atom is -0.497 e. The molecule has 8 heteroatoms. The van der Waals surface area contributed by atoms with Crippen LogP contribution in [0.25, 0.3) is 16.7 Å². The predicted molar refractivity (Wildman–Crippen MR) is 123 cm³/mol. The van der Waals surface area contributed by atoms with Crippen molar-refractivity contribution in [3.05, 3.63) is 77.0 Å². The fourth-order valence-corrected chi connectivity index (χ4v) is 3.75. The molecule has 1 N–H and O–H groups in total. The molecule has 1 amide bonds. The van der Waals surface area contributed by atoms with Crippen molar-refractivity contribution in [2.45, 2.75) is 39.4 Å². The molecule has 4 rings (SSSR count). The third-order valence-electron chi connectivity index (χ3n) is 5.38. The van der Waals surface area contributed by atoms with Gasteiger partial charge in [0.2, 0.25) is 5.91 Å². The average molecular weight is 434 g/mol. The monoisotopic (exact) mass is 433 g/mol. The molecule has 0 spiro atoms. The van der Waals surface area contributed by atoms with Crippen molar-refractivity contribution in [2.24, 2.45) is 0 Å². The number of hydrogen-bond donors (Lipinski definition) is 1. The highest BCUT2D eigenvalue weighted by Crippen LogP contribution is 2.15. The van der Waals surface area contributed by atoms with Gasteiger partial charge in [0.05, 0.1) is 36.1 Å². The summed E-state index contributed by atoms with van der Waals surface area (Å²) in [5.74, 6) is 0.661. The van der Waals surface area contributed by atoms with Crippen LogP contribution in [0.2, 0.25) is 0 Å². The van der Waals surface area contributed by atoms with Gasteiger partial charge in [0, 0.05) is 25.7 Å². The lowest BCUT2D eigenvalue weighted by atomic mass is 10.3. The number of hydrogen-bond acceptors (Lipinski definition) is 4. The van der Waals surface area contributed by atoms with Gasteiger partial charge in [0.25, 0.3) is 0 Å². The topological polar surface area (TPSA) is 83.1 Å². The molecular formula is C24H27N5O3. The Balaban J connectivity index is 1.37. The van der Waals surface area contributed by atoms with Crippen LogP contribution in [0.5, 0.6) is 5.75 Å². The Labute approximate surface area is 186 Å². The molecule has 2 aromatic carbocycles. The Hall–Kier alpha value is -3.81. The van der Waals surface area contributed by atoms with Gasteiger partial charge in [-0.15, -0.1) is 0 Å². The molecular weight excluding hydrogens is 406 g/mol. The highest BCUT2D eigenvalue weighted by molar-refractivity contribution is 5.78. The maximum Gasteiger partial charge on any atom is 0.329 e. The zero-order valence-electron chi connectivity index (χ0n) is 18.3. The van der Waals surface area contributed by atoms with Crippen LogP contribution in [0.3, 0.4) is 0 Å². The zero-order chi connectivity index (χ0) is 22.5. The van der Waals surface area contributed by atoms with Crippen LogP contribution in [0.15, 0.2) is 65.6 Å². The van der Waals surface area contributed by atoms with Crippen LogP contribution < -0.4 is 15.7 Å². The number of benzene rings is 2. The number of ether oxygens (including phenoxy) is 1. The van der Waals surface area contributed by atoms with Crippen molar-refractivity contribution in [1.29, 1.82) is 0 Å². The van der Waals surface area contributed by atoms with Gasteiger partial charge in [-0.1, -0.05) is 19.1 Å². The number of aryl methyl sites for hydroxylation is 2. The highest BCUT2D eigenvalue weighted by atomic mass is 16.5. The Morgan fingerprint density at radius 3 is 2.34 bits per heavy atom. The van der Waals surface area contributed by atoms with Crippen LogP contribution in [0, 0.1) is 0 Å². The Morgan fingerprint density at radius 1 is 1.00 bits per heavy atom. The average Bonchev–Trinajstić information content (AvgIpc) is 3.40. The van der Waals surface area contributed by atoms with E-state index >= 15 is 0 Å². The van der Waals surface area contributed by atoms with Crippen LogP contribution in [0.1, 0.15) is 25.5 Å². The Kier molecular flexibility index (Phi) is 6.39. The van der Waals surface area contributed by atoms with Crippen molar-refractivity contribution in [3.8, 4) is 11.4 Å². The first-order chi connectivity index (χ1) is 15.6. The SMILES string of the molecule is CCCn1c(=O)n(CCC(=O)NCc2ccn(-c3ccc(OC)cc3)n2)c2ccccc21. The quantitative estimate of drug-likeness (QED) is 0.440. The smallest absolute Gasteiger partial charge is 0.329 e. The molecule has 2 aromatic heterocycles. The number of nitrogens with one attached hydrogen (secondary N) is 1. The van der Waals surface area contributed by atoms with Crippen molar-refractivity contribution in [2.75, 3.05) is 7.11 Å². The van der Waals surface area contributed by atoms with Crippen molar-refractivity contribution in [3.63, 3.8) is 0 Å². The van der Waals surface area contributed by atoms with E-state index in [4.69, 9.17) is 4.74 Å². The van der Waals surface area contributed by atoms with Gasteiger partial charge in [0.15, 0.2) is 0 Å². The van der Waals surface area contributed by atoms with E-state index in [1.54, 1.807) is 20.9 Å². The third-order valence-corrected chi connectivity index (χ3v) is 5.38. The number of para-hydroxylation sites is 2. The van der Waals surface area contributed by atoms with Crippen molar-refractivity contribution < 1.29 is 9.53 Å². The van der Waals surface area contributed by atoms with E-state index in [1.807, 2.05) is 67.7 Å². The molecule has 0 aliphatic rings. The van der Waals surface area contributed by atoms with Gasteiger partial charge >= 0.3 is 5.69 Å². The lowest BCUT2D eigenvalue weighted by Gasteiger charge is -2.05. The fraction of sp³-hybridized carbons (Fsp3) is 0.292. The molecule has 0 unspecified atom stereocenters. The number of fused-ring (bicyclic) bond motifs is 1. The number of carbonyl (C=O) groups excluding carboxylic acids is 1. The molecule has 0 atom stereocenters. The lowest BCUT2D eigenvalue weighted by molar-refractivity contribution is -0.121. The summed E-state index contributed by atoms with van der Waals surface area (Å²) in [5.41, 5.74) is 3.36. The molecule has 0 aliphatic carbocycles. The summed E-state index contributed by atoms with van der Waals surface area (Å²) in [6.07, 6.45) is 2.95. The summed E-state index contributed by atoms with van der Waals surface area (Å²) < 4.78 is 10.4. The van der Waals surface area contributed by atoms with Crippen LogP contribution in [-0.4, -0.2) is 31.9 Å². The second-order valence-electron chi connectivity index (χ2n) is 7.55. The molecule has 8 nitrogen and oxygen atoms in total. The number of imidazole rings is 1. The molecule has 32 heavy (non-hydrogen) atoms. The summed E-state index contributed by atoms with van der Waals surface area (Å²) in [7, 11) is 1.63. The molecule has 0 saturated heterocycles. The predicted octanol–water partition coefficient (Wildman–Crippen LogP) is 3.11. The first-order valence-corrected chi connectivity index (χ1v) is 10.7. The standard InChI is InChI=1S/C24H27N5O3/c1-3-14-27-21-6-4-5-7-22(21)28(24(27)31)15-13-23(30)25-17-18-12-16-29(26-18)19-8-10-20(32-2)11-9-19/h4-12,16H,3,13-15,17H2,1-2H3,(H,25,30). The fourth-order valence-electron chi connectivity index (χ4n) is 3.75. The lowest BCUT2D eigenvalue weighted by Crippen LogP contribution is -2.28. The van der Waals surface area contributed by atoms with Crippen molar-refractivity contribution >= 4 is 16.9 Å². The van der Waals surface area contributed by atoms with Gasteiger partial charge in [-0.25, -0.2) is 9.48 Å². The van der Waals surface area contributed by atoms with E-state index < -0.39 is 0 Å². The van der Waals surface area contributed by atoms with Crippen LogP contribution >= 0.6 is 0 Å². The van der Waals surface area contributed by atoms with Crippen LogP contribution in [0.4, 0.5) is 0 Å². The van der Waals surface area contributed by atoms with Crippen molar-refractivity contribution in [1.82, 2.24) is 24.2 Å². The molecule has 2 heterocycles. The Morgan fingerprint density at radius 2 is 1.69 bits per heavy atom. The van der Waals surface area contributed by atoms with E-state index in [0.29, 0.717) is 19.6 Å². The normalized spacial score (nSPS) is 11.1. The molecule has 0 saturated carbocycles. The molecule has 166 valence electrons. The van der Waals surface area contributed by atoms with Gasteiger partial charge in [-0.2, -0.15) is 5.10 Å². The summed E-state index contributed by atoms with van der Waals surface area (Å²) in [6, 6.07) is 17.2. The Bertz CT molecular complexity index is 1270. The van der Waals surface area contributed by atoms with Gasteiger partial charge < -0.3 is 10.1 Å². The minimum atomic E-state index is -0.122. The van der Waals surface area contributed by atoms with E-state index in [9.17, 15) is 9.59 Å². The van der Waals surface area contributed by atoms with E-state index in [1.165, 1.54) is 0 Å². The molecule has 4 aromatic rings. The zero-order valence-corrected chi connectivity index (χ0v) is 18.3. The number of rotatable bonds is 9. The van der Waals surface area contributed by atoms with Crippen LogP contribution in [-0.2, 0) is 24.4 Å². The summed E-state index contributed by atoms with van der Waals surface area (Å²) >= 11 is 0. The number of methoxy groups -OCH3 is 1. The minimum absolute atomic E-state index is 0.0703. The maximum atomic E-state index is 12.8. The van der Waals surface area contributed by atoms with Gasteiger partial charge in [-0.3, -0.25) is 13.9 Å². The van der Waals surface area contributed by atoms with E-state index in [0.717, 1.165) is 34.6 Å². The summed E-state index contributed by atoms with van der Waals surface area (Å²) in [4.78, 5) is 25.3. The largest absolute Gasteiger partial charge is 0.497 e. The summed E-state index contributed by atoms with van der Waals surface area (Å²) in [5, 5.41) is 7.40.